The Balaban J connectivity index is 1.51. The zero-order valence-electron chi connectivity index (χ0n) is 15.6. The lowest BCUT2D eigenvalue weighted by Crippen LogP contribution is -2.38. The standard InChI is InChI=1S/C21H22FN3O3/c1-14(17-5-2-3-6-18(17)22)24-19(26)13-23-21(28)15-8-10-16(11-9-15)25-12-4-7-20(25)27/h2-3,5-6,8-11,14H,4,7,12-13H2,1H3,(H,23,28)(H,24,26). The van der Waals surface area contributed by atoms with E-state index in [9.17, 15) is 18.8 Å². The highest BCUT2D eigenvalue weighted by atomic mass is 19.1. The number of carbonyl (C=O) groups is 3. The molecular weight excluding hydrogens is 361 g/mol. The highest BCUT2D eigenvalue weighted by Crippen LogP contribution is 2.21. The van der Waals surface area contributed by atoms with Crippen LogP contribution in [0.5, 0.6) is 0 Å². The number of carbonyl (C=O) groups excluding carboxylic acids is 3. The van der Waals surface area contributed by atoms with Crippen molar-refractivity contribution in [2.45, 2.75) is 25.8 Å². The minimum Gasteiger partial charge on any atom is -0.348 e. The van der Waals surface area contributed by atoms with Gasteiger partial charge in [-0.05, 0) is 43.7 Å². The molecule has 28 heavy (non-hydrogen) atoms. The number of hydrogen-bond donors (Lipinski definition) is 2. The maximum Gasteiger partial charge on any atom is 0.251 e. The van der Waals surface area contributed by atoms with Gasteiger partial charge in [0.1, 0.15) is 5.82 Å². The first-order valence-electron chi connectivity index (χ1n) is 9.18. The molecule has 1 saturated heterocycles. The normalized spacial score (nSPS) is 14.6. The van der Waals surface area contributed by atoms with Gasteiger partial charge in [-0.1, -0.05) is 18.2 Å². The third-order valence-corrected chi connectivity index (χ3v) is 4.67. The van der Waals surface area contributed by atoms with E-state index in [1.54, 1.807) is 54.3 Å². The van der Waals surface area contributed by atoms with Gasteiger partial charge in [-0.3, -0.25) is 14.4 Å². The monoisotopic (exact) mass is 383 g/mol. The van der Waals surface area contributed by atoms with E-state index in [1.165, 1.54) is 6.07 Å². The minimum absolute atomic E-state index is 0.0813. The molecule has 1 aliphatic heterocycles. The predicted molar refractivity (Wildman–Crippen MR) is 103 cm³/mol. The summed E-state index contributed by atoms with van der Waals surface area (Å²) in [6.07, 6.45) is 1.38. The van der Waals surface area contributed by atoms with Crippen molar-refractivity contribution in [2.75, 3.05) is 18.0 Å². The number of amides is 3. The first kappa shape index (κ1) is 19.5. The van der Waals surface area contributed by atoms with Crippen molar-refractivity contribution in [3.63, 3.8) is 0 Å². The van der Waals surface area contributed by atoms with Gasteiger partial charge in [0.05, 0.1) is 12.6 Å². The lowest BCUT2D eigenvalue weighted by molar-refractivity contribution is -0.120. The van der Waals surface area contributed by atoms with Crippen molar-refractivity contribution in [2.24, 2.45) is 0 Å². The predicted octanol–water partition coefficient (Wildman–Crippen LogP) is 2.56. The van der Waals surface area contributed by atoms with E-state index in [4.69, 9.17) is 0 Å². The summed E-state index contributed by atoms with van der Waals surface area (Å²) in [5, 5.41) is 5.20. The van der Waals surface area contributed by atoms with Crippen molar-refractivity contribution in [3.8, 4) is 0 Å². The third-order valence-electron chi connectivity index (χ3n) is 4.67. The van der Waals surface area contributed by atoms with Gasteiger partial charge in [-0.15, -0.1) is 0 Å². The maximum absolute atomic E-state index is 13.7. The quantitative estimate of drug-likeness (QED) is 0.805. The molecule has 6 nitrogen and oxygen atoms in total. The molecule has 0 spiro atoms. The summed E-state index contributed by atoms with van der Waals surface area (Å²) in [5.74, 6) is -1.12. The van der Waals surface area contributed by atoms with Crippen molar-refractivity contribution in [1.82, 2.24) is 10.6 Å². The highest BCUT2D eigenvalue weighted by Gasteiger charge is 2.21. The van der Waals surface area contributed by atoms with Crippen LogP contribution < -0.4 is 15.5 Å². The Bertz CT molecular complexity index is 883. The number of benzene rings is 2. The molecular formula is C21H22FN3O3. The van der Waals surface area contributed by atoms with Crippen LogP contribution in [0.3, 0.4) is 0 Å². The summed E-state index contributed by atoms with van der Waals surface area (Å²) in [6, 6.07) is 12.4. The molecule has 1 atom stereocenters. The molecule has 1 unspecified atom stereocenters. The van der Waals surface area contributed by atoms with E-state index >= 15 is 0 Å². The van der Waals surface area contributed by atoms with Crippen LogP contribution in [0.15, 0.2) is 48.5 Å². The summed E-state index contributed by atoms with van der Waals surface area (Å²) in [4.78, 5) is 37.7. The van der Waals surface area contributed by atoms with E-state index < -0.39 is 23.7 Å². The lowest BCUT2D eigenvalue weighted by Gasteiger charge is -2.16. The maximum atomic E-state index is 13.7. The van der Waals surface area contributed by atoms with E-state index in [0.29, 0.717) is 24.1 Å². The summed E-state index contributed by atoms with van der Waals surface area (Å²) < 4.78 is 13.7. The van der Waals surface area contributed by atoms with Gasteiger partial charge in [-0.25, -0.2) is 4.39 Å². The van der Waals surface area contributed by atoms with Crippen LogP contribution in [-0.4, -0.2) is 30.8 Å². The Hall–Kier alpha value is -3.22. The van der Waals surface area contributed by atoms with Gasteiger partial charge in [0.2, 0.25) is 11.8 Å². The first-order valence-corrected chi connectivity index (χ1v) is 9.18. The van der Waals surface area contributed by atoms with Crippen LogP contribution in [0.2, 0.25) is 0 Å². The molecule has 7 heteroatoms. The molecule has 0 aromatic heterocycles. The molecule has 1 heterocycles. The molecule has 2 aromatic rings. The summed E-state index contributed by atoms with van der Waals surface area (Å²) >= 11 is 0. The minimum atomic E-state index is -0.511. The molecule has 3 rings (SSSR count). The fraction of sp³-hybridized carbons (Fsp3) is 0.286. The third kappa shape index (κ3) is 4.54. The van der Waals surface area contributed by atoms with Crippen LogP contribution in [0.4, 0.5) is 10.1 Å². The molecule has 146 valence electrons. The molecule has 0 bridgehead atoms. The van der Waals surface area contributed by atoms with Crippen molar-refractivity contribution < 1.29 is 18.8 Å². The zero-order valence-corrected chi connectivity index (χ0v) is 15.6. The SMILES string of the molecule is CC(NC(=O)CNC(=O)c1ccc(N2CCCC2=O)cc1)c1ccccc1F. The second-order valence-corrected chi connectivity index (χ2v) is 6.69. The smallest absolute Gasteiger partial charge is 0.251 e. The number of nitrogens with zero attached hydrogens (tertiary/aromatic N) is 1. The second-order valence-electron chi connectivity index (χ2n) is 6.69. The number of hydrogen-bond acceptors (Lipinski definition) is 3. The topological polar surface area (TPSA) is 78.5 Å². The molecule has 2 N–H and O–H groups in total. The second kappa shape index (κ2) is 8.65. The molecule has 3 amide bonds. The first-order chi connectivity index (χ1) is 13.5. The Kier molecular flexibility index (Phi) is 6.03. The van der Waals surface area contributed by atoms with Crippen LogP contribution in [-0.2, 0) is 9.59 Å². The van der Waals surface area contributed by atoms with Gasteiger partial charge in [0.15, 0.2) is 0 Å². The number of halogens is 1. The Morgan fingerprint density at radius 2 is 1.86 bits per heavy atom. The van der Waals surface area contributed by atoms with E-state index in [2.05, 4.69) is 10.6 Å². The highest BCUT2D eigenvalue weighted by molar-refractivity contribution is 5.98. The number of rotatable bonds is 6. The van der Waals surface area contributed by atoms with Gasteiger partial charge in [-0.2, -0.15) is 0 Å². The van der Waals surface area contributed by atoms with Gasteiger partial charge < -0.3 is 15.5 Å². The molecule has 1 aliphatic rings. The van der Waals surface area contributed by atoms with Crippen LogP contribution in [0.25, 0.3) is 0 Å². The fourth-order valence-corrected chi connectivity index (χ4v) is 3.17. The Morgan fingerprint density at radius 1 is 1.14 bits per heavy atom. The van der Waals surface area contributed by atoms with Crippen molar-refractivity contribution in [3.05, 3.63) is 65.5 Å². The van der Waals surface area contributed by atoms with E-state index in [0.717, 1.165) is 12.1 Å². The Labute approximate surface area is 162 Å². The molecule has 0 saturated carbocycles. The van der Waals surface area contributed by atoms with E-state index in [1.807, 2.05) is 0 Å². The van der Waals surface area contributed by atoms with Gasteiger partial charge in [0.25, 0.3) is 5.91 Å². The van der Waals surface area contributed by atoms with Crippen molar-refractivity contribution in [1.29, 1.82) is 0 Å². The van der Waals surface area contributed by atoms with Gasteiger partial charge in [0, 0.05) is 29.8 Å². The average molecular weight is 383 g/mol. The number of nitrogens with one attached hydrogen (secondary N) is 2. The molecule has 0 radical (unpaired) electrons. The summed E-state index contributed by atoms with van der Waals surface area (Å²) in [5.41, 5.74) is 1.54. The van der Waals surface area contributed by atoms with Crippen molar-refractivity contribution >= 4 is 23.4 Å². The zero-order chi connectivity index (χ0) is 20.1. The largest absolute Gasteiger partial charge is 0.348 e. The number of anilines is 1. The van der Waals surface area contributed by atoms with Crippen LogP contribution in [0, 0.1) is 5.82 Å². The lowest BCUT2D eigenvalue weighted by atomic mass is 10.1. The molecule has 1 fully saturated rings. The fourth-order valence-electron chi connectivity index (χ4n) is 3.17. The van der Waals surface area contributed by atoms with Crippen LogP contribution >= 0.6 is 0 Å². The van der Waals surface area contributed by atoms with Crippen LogP contribution in [0.1, 0.15) is 41.7 Å². The Morgan fingerprint density at radius 3 is 2.50 bits per heavy atom. The molecule has 2 aromatic carbocycles. The summed E-state index contributed by atoms with van der Waals surface area (Å²) in [7, 11) is 0. The molecule has 0 aliphatic carbocycles. The van der Waals surface area contributed by atoms with E-state index in [-0.39, 0.29) is 12.5 Å². The summed E-state index contributed by atoms with van der Waals surface area (Å²) in [6.45, 7) is 2.14. The average Bonchev–Trinajstić information content (AvgIpc) is 3.12. The van der Waals surface area contributed by atoms with Gasteiger partial charge >= 0.3 is 0 Å².